The van der Waals surface area contributed by atoms with Gasteiger partial charge in [0.2, 0.25) is 0 Å². The summed E-state index contributed by atoms with van der Waals surface area (Å²) in [6.07, 6.45) is 5.65. The third-order valence-electron chi connectivity index (χ3n) is 4.23. The zero-order valence-electron chi connectivity index (χ0n) is 12.9. The third kappa shape index (κ3) is 4.77. The van der Waals surface area contributed by atoms with Crippen LogP contribution in [0.5, 0.6) is 0 Å². The van der Waals surface area contributed by atoms with Crippen LogP contribution in [0.1, 0.15) is 52.9 Å². The second-order valence-corrected chi connectivity index (χ2v) is 5.54. The molecule has 0 spiro atoms. The summed E-state index contributed by atoms with van der Waals surface area (Å²) in [6.45, 7) is 8.50. The van der Waals surface area contributed by atoms with Gasteiger partial charge in [-0.1, -0.05) is 13.8 Å². The predicted octanol–water partition coefficient (Wildman–Crippen LogP) is 2.18. The van der Waals surface area contributed by atoms with Gasteiger partial charge in [-0.2, -0.15) is 0 Å². The van der Waals surface area contributed by atoms with E-state index >= 15 is 0 Å². The summed E-state index contributed by atoms with van der Waals surface area (Å²) in [6, 6.07) is 1.18. The number of carbonyl (C=O) groups is 1. The Morgan fingerprint density at radius 3 is 2.74 bits per heavy atom. The summed E-state index contributed by atoms with van der Waals surface area (Å²) >= 11 is 0. The molecule has 0 bridgehead atoms. The summed E-state index contributed by atoms with van der Waals surface area (Å²) < 4.78 is 4.88. The molecule has 1 saturated heterocycles. The molecule has 4 heteroatoms. The van der Waals surface area contributed by atoms with Gasteiger partial charge in [0.15, 0.2) is 0 Å². The molecule has 3 unspecified atom stereocenters. The summed E-state index contributed by atoms with van der Waals surface area (Å²) in [5.41, 5.74) is 0. The zero-order valence-corrected chi connectivity index (χ0v) is 12.9. The fraction of sp³-hybridized carbons (Fsp3) is 0.933. The SMILES string of the molecule is CCCNC(CCN1C(C)CCC1CC)C(=O)OC. The molecule has 19 heavy (non-hydrogen) atoms. The Morgan fingerprint density at radius 2 is 2.16 bits per heavy atom. The van der Waals surface area contributed by atoms with E-state index in [0.717, 1.165) is 25.9 Å². The van der Waals surface area contributed by atoms with E-state index < -0.39 is 0 Å². The van der Waals surface area contributed by atoms with Crippen LogP contribution in [0.15, 0.2) is 0 Å². The van der Waals surface area contributed by atoms with Crippen LogP contribution >= 0.6 is 0 Å². The molecule has 0 saturated carbocycles. The minimum absolute atomic E-state index is 0.131. The molecular formula is C15H30N2O2. The minimum atomic E-state index is -0.157. The van der Waals surface area contributed by atoms with Gasteiger partial charge in [0.1, 0.15) is 6.04 Å². The summed E-state index contributed by atoms with van der Waals surface area (Å²) in [5.74, 6) is -0.131. The Kier molecular flexibility index (Phi) is 7.39. The molecule has 1 rings (SSSR count). The van der Waals surface area contributed by atoms with E-state index in [0.29, 0.717) is 12.1 Å². The molecule has 1 heterocycles. The van der Waals surface area contributed by atoms with Crippen LogP contribution in [0.2, 0.25) is 0 Å². The number of carbonyl (C=O) groups excluding carboxylic acids is 1. The second-order valence-electron chi connectivity index (χ2n) is 5.54. The summed E-state index contributed by atoms with van der Waals surface area (Å²) in [5, 5.41) is 3.29. The number of ether oxygens (including phenoxy) is 1. The molecule has 0 aliphatic carbocycles. The highest BCUT2D eigenvalue weighted by Gasteiger charge is 2.30. The van der Waals surface area contributed by atoms with Gasteiger partial charge in [-0.25, -0.2) is 0 Å². The normalized spacial score (nSPS) is 25.5. The molecule has 0 aromatic heterocycles. The Balaban J connectivity index is 2.47. The lowest BCUT2D eigenvalue weighted by atomic mass is 10.1. The number of nitrogens with zero attached hydrogens (tertiary/aromatic N) is 1. The topological polar surface area (TPSA) is 41.6 Å². The fourth-order valence-electron chi connectivity index (χ4n) is 3.01. The molecule has 0 aromatic rings. The predicted molar refractivity (Wildman–Crippen MR) is 78.2 cm³/mol. The number of rotatable bonds is 8. The average molecular weight is 270 g/mol. The van der Waals surface area contributed by atoms with E-state index in [1.165, 1.54) is 26.4 Å². The molecule has 0 radical (unpaired) electrons. The van der Waals surface area contributed by atoms with Crippen molar-refractivity contribution < 1.29 is 9.53 Å². The first kappa shape index (κ1) is 16.4. The molecule has 4 nitrogen and oxygen atoms in total. The molecule has 3 atom stereocenters. The van der Waals surface area contributed by atoms with Gasteiger partial charge in [-0.15, -0.1) is 0 Å². The van der Waals surface area contributed by atoms with Crippen molar-refractivity contribution in [3.05, 3.63) is 0 Å². The third-order valence-corrected chi connectivity index (χ3v) is 4.23. The largest absolute Gasteiger partial charge is 0.468 e. The van der Waals surface area contributed by atoms with Crippen molar-refractivity contribution in [2.24, 2.45) is 0 Å². The van der Waals surface area contributed by atoms with E-state index in [1.807, 2.05) is 0 Å². The van der Waals surface area contributed by atoms with Crippen molar-refractivity contribution in [1.82, 2.24) is 10.2 Å². The van der Waals surface area contributed by atoms with Crippen LogP contribution in [-0.2, 0) is 9.53 Å². The number of likely N-dealkylation sites (tertiary alicyclic amines) is 1. The lowest BCUT2D eigenvalue weighted by molar-refractivity contribution is -0.143. The van der Waals surface area contributed by atoms with Crippen LogP contribution in [0.25, 0.3) is 0 Å². The van der Waals surface area contributed by atoms with Crippen molar-refractivity contribution in [3.8, 4) is 0 Å². The first-order valence-electron chi connectivity index (χ1n) is 7.70. The monoisotopic (exact) mass is 270 g/mol. The number of esters is 1. The van der Waals surface area contributed by atoms with Gasteiger partial charge in [-0.3, -0.25) is 9.69 Å². The van der Waals surface area contributed by atoms with Gasteiger partial charge >= 0.3 is 5.97 Å². The Bertz CT molecular complexity index is 271. The smallest absolute Gasteiger partial charge is 0.322 e. The number of hydrogen-bond donors (Lipinski definition) is 1. The maximum absolute atomic E-state index is 11.8. The Labute approximate surface area is 117 Å². The fourth-order valence-corrected chi connectivity index (χ4v) is 3.01. The molecule has 0 amide bonds. The van der Waals surface area contributed by atoms with Crippen LogP contribution in [-0.4, -0.2) is 49.2 Å². The highest BCUT2D eigenvalue weighted by molar-refractivity contribution is 5.75. The second kappa shape index (κ2) is 8.54. The van der Waals surface area contributed by atoms with Crippen LogP contribution < -0.4 is 5.32 Å². The molecule has 0 aromatic carbocycles. The molecule has 112 valence electrons. The minimum Gasteiger partial charge on any atom is -0.468 e. The quantitative estimate of drug-likeness (QED) is 0.686. The van der Waals surface area contributed by atoms with Crippen molar-refractivity contribution >= 4 is 5.97 Å². The van der Waals surface area contributed by atoms with Crippen molar-refractivity contribution in [2.45, 2.75) is 71.0 Å². The summed E-state index contributed by atoms with van der Waals surface area (Å²) in [4.78, 5) is 14.3. The first-order chi connectivity index (χ1) is 9.13. The van der Waals surface area contributed by atoms with E-state index in [9.17, 15) is 4.79 Å². The number of hydrogen-bond acceptors (Lipinski definition) is 4. The van der Waals surface area contributed by atoms with Crippen LogP contribution in [0.3, 0.4) is 0 Å². The van der Waals surface area contributed by atoms with Gasteiger partial charge < -0.3 is 10.1 Å². The van der Waals surface area contributed by atoms with Gasteiger partial charge in [0, 0.05) is 18.6 Å². The summed E-state index contributed by atoms with van der Waals surface area (Å²) in [7, 11) is 1.47. The van der Waals surface area contributed by atoms with Gasteiger partial charge in [0.25, 0.3) is 0 Å². The van der Waals surface area contributed by atoms with Crippen molar-refractivity contribution in [1.29, 1.82) is 0 Å². The van der Waals surface area contributed by atoms with Crippen molar-refractivity contribution in [2.75, 3.05) is 20.2 Å². The standard InChI is InChI=1S/C15H30N2O2/c1-5-10-16-14(15(18)19-4)9-11-17-12(3)7-8-13(17)6-2/h12-14,16H,5-11H2,1-4H3. The molecule has 1 aliphatic heterocycles. The lowest BCUT2D eigenvalue weighted by Gasteiger charge is -2.29. The van der Waals surface area contributed by atoms with E-state index in [1.54, 1.807) is 0 Å². The van der Waals surface area contributed by atoms with Gasteiger partial charge in [0.05, 0.1) is 7.11 Å². The molecular weight excluding hydrogens is 240 g/mol. The molecule has 1 aliphatic rings. The van der Waals surface area contributed by atoms with Crippen LogP contribution in [0, 0.1) is 0 Å². The molecule has 1 N–H and O–H groups in total. The number of methoxy groups -OCH3 is 1. The maximum atomic E-state index is 11.8. The highest BCUT2D eigenvalue weighted by Crippen LogP contribution is 2.26. The van der Waals surface area contributed by atoms with Crippen LogP contribution in [0.4, 0.5) is 0 Å². The van der Waals surface area contributed by atoms with Gasteiger partial charge in [-0.05, 0) is 45.6 Å². The van der Waals surface area contributed by atoms with Crippen molar-refractivity contribution in [3.63, 3.8) is 0 Å². The average Bonchev–Trinajstić information content (AvgIpc) is 2.78. The zero-order chi connectivity index (χ0) is 14.3. The highest BCUT2D eigenvalue weighted by atomic mass is 16.5. The van der Waals surface area contributed by atoms with E-state index in [-0.39, 0.29) is 12.0 Å². The maximum Gasteiger partial charge on any atom is 0.322 e. The Hall–Kier alpha value is -0.610. The van der Waals surface area contributed by atoms with E-state index in [4.69, 9.17) is 4.74 Å². The molecule has 1 fully saturated rings. The van der Waals surface area contributed by atoms with E-state index in [2.05, 4.69) is 31.0 Å². The lowest BCUT2D eigenvalue weighted by Crippen LogP contribution is -2.43. The Morgan fingerprint density at radius 1 is 1.42 bits per heavy atom. The number of nitrogens with one attached hydrogen (secondary N) is 1. The first-order valence-corrected chi connectivity index (χ1v) is 7.70.